The van der Waals surface area contributed by atoms with Crippen LogP contribution in [-0.2, 0) is 32.6 Å². The average molecular weight is 676 g/mol. The van der Waals surface area contributed by atoms with Gasteiger partial charge >= 0.3 is 0 Å². The molecule has 0 aliphatic heterocycles. The fourth-order valence-corrected chi connectivity index (χ4v) is 6.56. The molecule has 0 spiro atoms. The number of nitrogens with zero attached hydrogens (tertiary/aromatic N) is 2. The summed E-state index contributed by atoms with van der Waals surface area (Å²) in [5, 5.41) is 3.00. The molecule has 11 heteroatoms. The van der Waals surface area contributed by atoms with Crippen LogP contribution in [0.5, 0.6) is 11.5 Å². The van der Waals surface area contributed by atoms with Gasteiger partial charge in [-0.1, -0.05) is 67.1 Å². The number of nitrogens with one attached hydrogen (secondary N) is 1. The van der Waals surface area contributed by atoms with Gasteiger partial charge in [0.2, 0.25) is 11.8 Å². The van der Waals surface area contributed by atoms with Crippen molar-refractivity contribution in [3.05, 3.63) is 120 Å². The van der Waals surface area contributed by atoms with Crippen molar-refractivity contribution in [3.63, 3.8) is 0 Å². The Kier molecular flexibility index (Phi) is 12.2. The second kappa shape index (κ2) is 16.3. The van der Waals surface area contributed by atoms with E-state index in [1.165, 1.54) is 49.5 Å². The van der Waals surface area contributed by atoms with Gasteiger partial charge in [0.05, 0.1) is 24.8 Å². The van der Waals surface area contributed by atoms with Gasteiger partial charge in [0.1, 0.15) is 18.4 Å². The number of benzene rings is 4. The number of rotatable bonds is 15. The van der Waals surface area contributed by atoms with Crippen molar-refractivity contribution in [3.8, 4) is 11.5 Å². The lowest BCUT2D eigenvalue weighted by molar-refractivity contribution is -0.140. The van der Waals surface area contributed by atoms with E-state index in [9.17, 15) is 22.4 Å². The molecule has 0 aromatic heterocycles. The van der Waals surface area contributed by atoms with Gasteiger partial charge in [-0.05, 0) is 67.8 Å². The Labute approximate surface area is 282 Å². The summed E-state index contributed by atoms with van der Waals surface area (Å²) in [5.41, 5.74) is 2.54. The molecule has 0 saturated carbocycles. The molecule has 0 aliphatic carbocycles. The van der Waals surface area contributed by atoms with E-state index in [-0.39, 0.29) is 41.2 Å². The Bertz CT molecular complexity index is 1780. The van der Waals surface area contributed by atoms with E-state index in [0.29, 0.717) is 17.7 Å². The third-order valence-electron chi connectivity index (χ3n) is 8.08. The lowest BCUT2D eigenvalue weighted by Gasteiger charge is -2.34. The Balaban J connectivity index is 1.82. The molecule has 254 valence electrons. The molecule has 0 heterocycles. The van der Waals surface area contributed by atoms with Crippen LogP contribution in [0, 0.1) is 12.7 Å². The normalized spacial score (nSPS) is 12.5. The third kappa shape index (κ3) is 8.92. The number of methoxy groups -OCH3 is 2. The molecule has 0 bridgehead atoms. The van der Waals surface area contributed by atoms with Crippen LogP contribution in [0.3, 0.4) is 0 Å². The predicted octanol–water partition coefficient (Wildman–Crippen LogP) is 5.90. The number of hydrogen-bond donors (Lipinski definition) is 1. The van der Waals surface area contributed by atoms with E-state index in [4.69, 9.17) is 9.47 Å². The molecular formula is C37H42FN3O6S. The number of halogens is 1. The predicted molar refractivity (Wildman–Crippen MR) is 184 cm³/mol. The van der Waals surface area contributed by atoms with E-state index in [2.05, 4.69) is 5.32 Å². The molecule has 0 aliphatic rings. The lowest BCUT2D eigenvalue weighted by Crippen LogP contribution is -2.54. The monoisotopic (exact) mass is 675 g/mol. The summed E-state index contributed by atoms with van der Waals surface area (Å²) in [6.07, 6.45) is 0.837. The van der Waals surface area contributed by atoms with Crippen LogP contribution in [0.2, 0.25) is 0 Å². The van der Waals surface area contributed by atoms with Crippen molar-refractivity contribution >= 4 is 27.5 Å². The van der Waals surface area contributed by atoms with Crippen LogP contribution in [0.1, 0.15) is 37.0 Å². The Morgan fingerprint density at radius 3 is 2.10 bits per heavy atom. The third-order valence-corrected chi connectivity index (χ3v) is 9.85. The fraction of sp³-hybridized carbons (Fsp3) is 0.297. The highest BCUT2D eigenvalue weighted by Crippen LogP contribution is 2.32. The molecule has 48 heavy (non-hydrogen) atoms. The minimum absolute atomic E-state index is 0.0668. The quantitative estimate of drug-likeness (QED) is 0.168. The molecule has 9 nitrogen and oxygen atoms in total. The van der Waals surface area contributed by atoms with Gasteiger partial charge < -0.3 is 19.7 Å². The highest BCUT2D eigenvalue weighted by Gasteiger charge is 2.35. The van der Waals surface area contributed by atoms with Gasteiger partial charge in [-0.3, -0.25) is 13.9 Å². The van der Waals surface area contributed by atoms with Crippen LogP contribution in [0.25, 0.3) is 0 Å². The summed E-state index contributed by atoms with van der Waals surface area (Å²) in [6.45, 7) is 5.00. The van der Waals surface area contributed by atoms with Crippen molar-refractivity contribution in [2.45, 2.75) is 57.1 Å². The van der Waals surface area contributed by atoms with Crippen LogP contribution in [0.4, 0.5) is 10.1 Å². The minimum atomic E-state index is -4.36. The van der Waals surface area contributed by atoms with Crippen molar-refractivity contribution in [2.24, 2.45) is 0 Å². The summed E-state index contributed by atoms with van der Waals surface area (Å²) in [7, 11) is -1.51. The molecule has 0 unspecified atom stereocenters. The average Bonchev–Trinajstić information content (AvgIpc) is 3.09. The first-order chi connectivity index (χ1) is 23.0. The number of aryl methyl sites for hydroxylation is 1. The standard InChI is InChI=1S/C37H42FN3O6S/c1-6-27(3)39-37(43)33(22-28-10-8-7-9-11-28)40(24-29-14-16-30(38)17-15-29)36(42)25-41(31-18-12-26(2)13-19-31)48(44,45)32-20-21-34(46-4)35(23-32)47-5/h7-21,23,27,33H,6,22,24-25H2,1-5H3,(H,39,43)/t27-,33+/m0/s1. The molecule has 0 fully saturated rings. The number of carbonyl (C=O) groups is 2. The SMILES string of the molecule is CC[C@H](C)NC(=O)[C@@H](Cc1ccccc1)N(Cc1ccc(F)cc1)C(=O)CN(c1ccc(C)cc1)S(=O)(=O)c1ccc(OC)c(OC)c1. The Morgan fingerprint density at radius 2 is 1.50 bits per heavy atom. The van der Waals surface area contributed by atoms with Crippen molar-refractivity contribution in [1.29, 1.82) is 0 Å². The number of carbonyl (C=O) groups excluding carboxylic acids is 2. The van der Waals surface area contributed by atoms with Gasteiger partial charge in [-0.2, -0.15) is 0 Å². The zero-order valence-corrected chi connectivity index (χ0v) is 28.7. The van der Waals surface area contributed by atoms with Crippen molar-refractivity contribution < 1.29 is 31.9 Å². The molecule has 4 rings (SSSR count). The van der Waals surface area contributed by atoms with Gasteiger partial charge in [-0.25, -0.2) is 12.8 Å². The smallest absolute Gasteiger partial charge is 0.264 e. The number of amides is 2. The highest BCUT2D eigenvalue weighted by molar-refractivity contribution is 7.92. The molecule has 2 amide bonds. The lowest BCUT2D eigenvalue weighted by atomic mass is 10.0. The minimum Gasteiger partial charge on any atom is -0.493 e. The second-order valence-electron chi connectivity index (χ2n) is 11.5. The summed E-state index contributed by atoms with van der Waals surface area (Å²) in [5.74, 6) is -0.900. The van der Waals surface area contributed by atoms with Gasteiger partial charge in [0.25, 0.3) is 10.0 Å². The maximum Gasteiger partial charge on any atom is 0.264 e. The molecule has 1 N–H and O–H groups in total. The summed E-state index contributed by atoms with van der Waals surface area (Å²) >= 11 is 0. The molecule has 2 atom stereocenters. The Morgan fingerprint density at radius 1 is 0.854 bits per heavy atom. The Hall–Kier alpha value is -4.90. The van der Waals surface area contributed by atoms with Crippen LogP contribution >= 0.6 is 0 Å². The number of anilines is 1. The molecule has 4 aromatic carbocycles. The number of hydrogen-bond acceptors (Lipinski definition) is 6. The molecule has 4 aromatic rings. The molecular weight excluding hydrogens is 633 g/mol. The van der Waals surface area contributed by atoms with Crippen molar-refractivity contribution in [2.75, 3.05) is 25.1 Å². The topological polar surface area (TPSA) is 105 Å². The van der Waals surface area contributed by atoms with Gasteiger partial charge in [0, 0.05) is 25.1 Å². The number of sulfonamides is 1. The van der Waals surface area contributed by atoms with E-state index in [0.717, 1.165) is 15.4 Å². The summed E-state index contributed by atoms with van der Waals surface area (Å²) in [4.78, 5) is 29.8. The van der Waals surface area contributed by atoms with Crippen LogP contribution in [0.15, 0.2) is 102 Å². The maximum atomic E-state index is 14.6. The molecule has 0 radical (unpaired) electrons. The first kappa shape index (κ1) is 35.9. The van der Waals surface area contributed by atoms with Gasteiger partial charge in [-0.15, -0.1) is 0 Å². The maximum absolute atomic E-state index is 14.6. The van der Waals surface area contributed by atoms with Crippen molar-refractivity contribution in [1.82, 2.24) is 10.2 Å². The first-order valence-corrected chi connectivity index (χ1v) is 17.1. The fourth-order valence-electron chi connectivity index (χ4n) is 5.13. The zero-order valence-electron chi connectivity index (χ0n) is 27.9. The van der Waals surface area contributed by atoms with E-state index >= 15 is 0 Å². The van der Waals surface area contributed by atoms with E-state index in [1.54, 1.807) is 36.4 Å². The zero-order chi connectivity index (χ0) is 34.8. The second-order valence-corrected chi connectivity index (χ2v) is 13.4. The van der Waals surface area contributed by atoms with E-state index in [1.807, 2.05) is 51.1 Å². The largest absolute Gasteiger partial charge is 0.493 e. The van der Waals surface area contributed by atoms with Gasteiger partial charge in [0.15, 0.2) is 11.5 Å². The number of ether oxygens (including phenoxy) is 2. The summed E-state index contributed by atoms with van der Waals surface area (Å²) in [6, 6.07) is 24.7. The molecule has 0 saturated heterocycles. The first-order valence-electron chi connectivity index (χ1n) is 15.7. The van der Waals surface area contributed by atoms with E-state index < -0.39 is 34.3 Å². The summed E-state index contributed by atoms with van der Waals surface area (Å²) < 4.78 is 54.3. The van der Waals surface area contributed by atoms with Crippen LogP contribution < -0.4 is 19.1 Å². The van der Waals surface area contributed by atoms with Crippen LogP contribution in [-0.4, -0.2) is 58.0 Å². The highest BCUT2D eigenvalue weighted by atomic mass is 32.2.